The van der Waals surface area contributed by atoms with Gasteiger partial charge in [0.2, 0.25) is 0 Å². The van der Waals surface area contributed by atoms with E-state index in [4.69, 9.17) is 4.74 Å². The van der Waals surface area contributed by atoms with E-state index in [1.807, 2.05) is 18.2 Å². The molecule has 0 unspecified atom stereocenters. The minimum Gasteiger partial charge on any atom is -0.455 e. The van der Waals surface area contributed by atoms with E-state index in [0.717, 1.165) is 28.6 Å². The topological polar surface area (TPSA) is 21.3 Å². The number of anilines is 1. The molecule has 0 spiro atoms. The Labute approximate surface area is 140 Å². The lowest BCUT2D eigenvalue weighted by Crippen LogP contribution is -2.02. The number of benzene rings is 3. The second-order valence-electron chi connectivity index (χ2n) is 5.59. The van der Waals surface area contributed by atoms with Crippen LogP contribution in [-0.4, -0.2) is 0 Å². The maximum atomic E-state index is 6.03. The van der Waals surface area contributed by atoms with Crippen molar-refractivity contribution in [3.05, 3.63) is 77.9 Å². The van der Waals surface area contributed by atoms with Gasteiger partial charge in [-0.2, -0.15) is 0 Å². The third-order valence-electron chi connectivity index (χ3n) is 3.98. The summed E-state index contributed by atoms with van der Waals surface area (Å²) in [5.41, 5.74) is 3.69. The summed E-state index contributed by atoms with van der Waals surface area (Å²) in [6.45, 7) is 2.95. The van der Waals surface area contributed by atoms with Crippen LogP contribution in [-0.2, 0) is 6.54 Å². The summed E-state index contributed by atoms with van der Waals surface area (Å²) in [4.78, 5) is 2.32. The van der Waals surface area contributed by atoms with Crippen molar-refractivity contribution in [1.29, 1.82) is 0 Å². The average Bonchev–Trinajstić information content (AvgIpc) is 2.59. The molecule has 0 bridgehead atoms. The van der Waals surface area contributed by atoms with E-state index in [9.17, 15) is 0 Å². The van der Waals surface area contributed by atoms with Crippen LogP contribution in [0.3, 0.4) is 0 Å². The van der Waals surface area contributed by atoms with Gasteiger partial charge in [0, 0.05) is 18.3 Å². The minimum absolute atomic E-state index is 0.815. The molecule has 0 saturated heterocycles. The molecule has 1 N–H and O–H groups in total. The first-order valence-electron chi connectivity index (χ1n) is 7.67. The molecule has 0 amide bonds. The molecule has 0 saturated carbocycles. The van der Waals surface area contributed by atoms with E-state index >= 15 is 0 Å². The molecule has 1 aliphatic rings. The Bertz CT molecular complexity index is 860. The lowest BCUT2D eigenvalue weighted by Gasteiger charge is -2.20. The quantitative estimate of drug-likeness (QED) is 0.511. The van der Waals surface area contributed by atoms with Crippen molar-refractivity contribution in [2.45, 2.75) is 23.3 Å². The van der Waals surface area contributed by atoms with Gasteiger partial charge in [-0.15, -0.1) is 0 Å². The van der Waals surface area contributed by atoms with Gasteiger partial charge < -0.3 is 10.1 Å². The van der Waals surface area contributed by atoms with Crippen molar-refractivity contribution < 1.29 is 4.74 Å². The highest BCUT2D eigenvalue weighted by Crippen LogP contribution is 2.47. The second kappa shape index (κ2) is 6.01. The predicted molar refractivity (Wildman–Crippen MR) is 95.6 cm³/mol. The molecular formula is C20H17NOS. The largest absolute Gasteiger partial charge is 0.455 e. The minimum atomic E-state index is 0.815. The summed E-state index contributed by atoms with van der Waals surface area (Å²) in [5.74, 6) is 1.85. The van der Waals surface area contributed by atoms with Crippen LogP contribution in [0.2, 0.25) is 0 Å². The van der Waals surface area contributed by atoms with Crippen LogP contribution in [0.5, 0.6) is 11.5 Å². The number of fused-ring (bicyclic) bond motifs is 2. The predicted octanol–water partition coefficient (Wildman–Crippen LogP) is 5.86. The van der Waals surface area contributed by atoms with Gasteiger partial charge in [-0.05, 0) is 42.3 Å². The molecule has 1 heterocycles. The van der Waals surface area contributed by atoms with Gasteiger partial charge in [0.05, 0.1) is 9.79 Å². The van der Waals surface area contributed by atoms with E-state index in [1.54, 1.807) is 11.8 Å². The smallest absolute Gasteiger partial charge is 0.143 e. The van der Waals surface area contributed by atoms with E-state index in [-0.39, 0.29) is 0 Å². The molecule has 4 rings (SSSR count). The van der Waals surface area contributed by atoms with Crippen molar-refractivity contribution in [2.75, 3.05) is 5.32 Å². The molecule has 1 aliphatic heterocycles. The molecule has 23 heavy (non-hydrogen) atoms. The molecule has 0 radical (unpaired) electrons. The van der Waals surface area contributed by atoms with Crippen molar-refractivity contribution in [3.63, 3.8) is 0 Å². The summed E-state index contributed by atoms with van der Waals surface area (Å²) < 4.78 is 6.03. The second-order valence-corrected chi connectivity index (χ2v) is 6.68. The highest BCUT2D eigenvalue weighted by Gasteiger charge is 2.17. The third kappa shape index (κ3) is 2.92. The number of nitrogens with one attached hydrogen (secondary N) is 1. The Morgan fingerprint density at radius 2 is 1.65 bits per heavy atom. The van der Waals surface area contributed by atoms with Gasteiger partial charge in [0.1, 0.15) is 11.5 Å². The van der Waals surface area contributed by atoms with Crippen LogP contribution in [0, 0.1) is 6.92 Å². The van der Waals surface area contributed by atoms with Crippen LogP contribution in [0.4, 0.5) is 5.69 Å². The maximum absolute atomic E-state index is 6.03. The molecule has 0 atom stereocenters. The summed E-state index contributed by atoms with van der Waals surface area (Å²) in [5, 5.41) is 3.49. The number of aryl methyl sites for hydroxylation is 1. The third-order valence-corrected chi connectivity index (χ3v) is 5.09. The number of para-hydroxylation sites is 1. The lowest BCUT2D eigenvalue weighted by molar-refractivity contribution is 0.455. The fourth-order valence-corrected chi connectivity index (χ4v) is 3.57. The van der Waals surface area contributed by atoms with Gasteiger partial charge >= 0.3 is 0 Å². The Morgan fingerprint density at radius 1 is 0.870 bits per heavy atom. The Kier molecular flexibility index (Phi) is 3.72. The van der Waals surface area contributed by atoms with Gasteiger partial charge in [-0.3, -0.25) is 0 Å². The molecular weight excluding hydrogens is 302 g/mol. The van der Waals surface area contributed by atoms with Crippen molar-refractivity contribution in [2.24, 2.45) is 0 Å². The first-order valence-corrected chi connectivity index (χ1v) is 8.48. The zero-order chi connectivity index (χ0) is 15.6. The van der Waals surface area contributed by atoms with Gasteiger partial charge in [-0.25, -0.2) is 0 Å². The van der Waals surface area contributed by atoms with Gasteiger partial charge in [0.15, 0.2) is 0 Å². The SMILES string of the molecule is Cc1ccccc1CNc1ccc2c(c1)Oc1ccccc1S2. The van der Waals surface area contributed by atoms with Crippen molar-refractivity contribution in [3.8, 4) is 11.5 Å². The van der Waals surface area contributed by atoms with Crippen LogP contribution in [0.1, 0.15) is 11.1 Å². The van der Waals surface area contributed by atoms with Gasteiger partial charge in [0.25, 0.3) is 0 Å². The molecule has 3 aromatic rings. The van der Waals surface area contributed by atoms with E-state index < -0.39 is 0 Å². The maximum Gasteiger partial charge on any atom is 0.143 e. The first kappa shape index (κ1) is 14.2. The standard InChI is InChI=1S/C20H17NOS/c1-14-6-2-3-7-15(14)13-21-16-10-11-20-18(12-16)22-17-8-4-5-9-19(17)23-20/h2-12,21H,13H2,1H3. The molecule has 0 fully saturated rings. The van der Waals surface area contributed by atoms with Crippen LogP contribution < -0.4 is 10.1 Å². The molecule has 2 nitrogen and oxygen atoms in total. The number of hydrogen-bond acceptors (Lipinski definition) is 3. The van der Waals surface area contributed by atoms with Crippen LogP contribution in [0.25, 0.3) is 0 Å². The van der Waals surface area contributed by atoms with Gasteiger partial charge in [-0.1, -0.05) is 48.2 Å². The average molecular weight is 319 g/mol. The van der Waals surface area contributed by atoms with Crippen molar-refractivity contribution in [1.82, 2.24) is 0 Å². The molecule has 0 aliphatic carbocycles. The van der Waals surface area contributed by atoms with E-state index in [0.29, 0.717) is 0 Å². The lowest BCUT2D eigenvalue weighted by atomic mass is 10.1. The zero-order valence-corrected chi connectivity index (χ0v) is 13.7. The monoisotopic (exact) mass is 319 g/mol. The number of ether oxygens (including phenoxy) is 1. The molecule has 114 valence electrons. The van der Waals surface area contributed by atoms with Crippen LogP contribution >= 0.6 is 11.8 Å². The summed E-state index contributed by atoms with van der Waals surface area (Å²) in [6, 6.07) is 22.9. The highest BCUT2D eigenvalue weighted by atomic mass is 32.2. The highest BCUT2D eigenvalue weighted by molar-refractivity contribution is 7.99. The normalized spacial score (nSPS) is 12.0. The molecule has 0 aromatic heterocycles. The summed E-state index contributed by atoms with van der Waals surface area (Å²) >= 11 is 1.76. The molecule has 3 heteroatoms. The Hall–Kier alpha value is -2.39. The summed E-state index contributed by atoms with van der Waals surface area (Å²) in [7, 11) is 0. The first-order chi connectivity index (χ1) is 11.3. The number of rotatable bonds is 3. The van der Waals surface area contributed by atoms with Crippen LogP contribution in [0.15, 0.2) is 76.5 Å². The number of hydrogen-bond donors (Lipinski definition) is 1. The van der Waals surface area contributed by atoms with Crippen molar-refractivity contribution >= 4 is 17.4 Å². The fourth-order valence-electron chi connectivity index (χ4n) is 2.64. The zero-order valence-electron chi connectivity index (χ0n) is 12.9. The summed E-state index contributed by atoms with van der Waals surface area (Å²) in [6.07, 6.45) is 0. The Morgan fingerprint density at radius 3 is 2.57 bits per heavy atom. The molecule has 3 aromatic carbocycles. The Balaban J connectivity index is 1.53. The fraction of sp³-hybridized carbons (Fsp3) is 0.100. The van der Waals surface area contributed by atoms with E-state index in [2.05, 4.69) is 60.8 Å². The van der Waals surface area contributed by atoms with E-state index in [1.165, 1.54) is 16.0 Å².